The monoisotopic (exact) mass is 277 g/mol. The maximum atomic E-state index is 12.2. The second-order valence-electron chi connectivity index (χ2n) is 5.88. The molecule has 1 N–H and O–H groups in total. The molecule has 2 fully saturated rings. The highest BCUT2D eigenvalue weighted by molar-refractivity contribution is 5.43. The summed E-state index contributed by atoms with van der Waals surface area (Å²) in [5, 5.41) is 7.68. The molecule has 0 aliphatic carbocycles. The Hall–Kier alpha value is -1.40. The average molecular weight is 277 g/mol. The highest BCUT2D eigenvalue weighted by Gasteiger charge is 2.18. The Morgan fingerprint density at radius 1 is 1.35 bits per heavy atom. The summed E-state index contributed by atoms with van der Waals surface area (Å²) in [5.41, 5.74) is 0.984. The first-order chi connectivity index (χ1) is 9.72. The van der Waals surface area contributed by atoms with Crippen LogP contribution in [0.4, 0.5) is 5.69 Å². The van der Waals surface area contributed by atoms with Crippen molar-refractivity contribution in [2.45, 2.75) is 13.0 Å². The van der Waals surface area contributed by atoms with Gasteiger partial charge in [0.2, 0.25) is 0 Å². The van der Waals surface area contributed by atoms with E-state index in [9.17, 15) is 4.79 Å². The Kier molecular flexibility index (Phi) is 4.03. The van der Waals surface area contributed by atoms with Gasteiger partial charge in [0.25, 0.3) is 5.56 Å². The van der Waals surface area contributed by atoms with Gasteiger partial charge < -0.3 is 15.1 Å². The molecule has 0 spiro atoms. The number of hydrogen-bond donors (Lipinski definition) is 1. The van der Waals surface area contributed by atoms with E-state index >= 15 is 0 Å². The molecule has 20 heavy (non-hydrogen) atoms. The van der Waals surface area contributed by atoms with Crippen LogP contribution >= 0.6 is 0 Å². The smallest absolute Gasteiger partial charge is 0.268 e. The maximum Gasteiger partial charge on any atom is 0.268 e. The molecule has 0 saturated carbocycles. The molecule has 1 aromatic heterocycles. The molecule has 1 unspecified atom stereocenters. The number of hydrogen-bond acceptors (Lipinski definition) is 5. The lowest BCUT2D eigenvalue weighted by Crippen LogP contribution is -2.45. The van der Waals surface area contributed by atoms with Crippen molar-refractivity contribution < 1.29 is 0 Å². The van der Waals surface area contributed by atoms with Crippen molar-refractivity contribution >= 4 is 5.69 Å². The topological polar surface area (TPSA) is 53.4 Å². The van der Waals surface area contributed by atoms with Gasteiger partial charge in [-0.05, 0) is 32.5 Å². The van der Waals surface area contributed by atoms with E-state index in [1.165, 1.54) is 0 Å². The number of aromatic nitrogens is 2. The molecule has 6 nitrogen and oxygen atoms in total. The summed E-state index contributed by atoms with van der Waals surface area (Å²) < 4.78 is 1.61. The van der Waals surface area contributed by atoms with Crippen molar-refractivity contribution in [2.75, 3.05) is 51.2 Å². The van der Waals surface area contributed by atoms with Crippen molar-refractivity contribution in [3.8, 4) is 0 Å². The second-order valence-corrected chi connectivity index (χ2v) is 5.88. The normalized spacial score (nSPS) is 24.2. The summed E-state index contributed by atoms with van der Waals surface area (Å²) in [6, 6.07) is 1.74. The lowest BCUT2D eigenvalue weighted by molar-refractivity contribution is 0.312. The first-order valence-corrected chi connectivity index (χ1v) is 7.44. The van der Waals surface area contributed by atoms with Crippen LogP contribution in [0.3, 0.4) is 0 Å². The zero-order valence-electron chi connectivity index (χ0n) is 12.1. The van der Waals surface area contributed by atoms with E-state index < -0.39 is 0 Å². The van der Waals surface area contributed by atoms with Gasteiger partial charge in [-0.1, -0.05) is 0 Å². The Morgan fingerprint density at radius 2 is 2.15 bits per heavy atom. The van der Waals surface area contributed by atoms with E-state index in [4.69, 9.17) is 0 Å². The summed E-state index contributed by atoms with van der Waals surface area (Å²) in [7, 11) is 2.13. The van der Waals surface area contributed by atoms with Crippen LogP contribution in [0.25, 0.3) is 0 Å². The van der Waals surface area contributed by atoms with E-state index in [1.54, 1.807) is 10.7 Å². The number of rotatable bonds is 3. The zero-order chi connectivity index (χ0) is 13.9. The Labute approximate surface area is 119 Å². The third-order valence-electron chi connectivity index (χ3n) is 4.32. The predicted octanol–water partition coefficient (Wildman–Crippen LogP) is -0.395. The highest BCUT2D eigenvalue weighted by Crippen LogP contribution is 2.13. The molecule has 0 aromatic carbocycles. The molecule has 2 saturated heterocycles. The van der Waals surface area contributed by atoms with E-state index in [2.05, 4.69) is 27.3 Å². The number of anilines is 1. The third-order valence-corrected chi connectivity index (χ3v) is 4.32. The molecule has 3 rings (SSSR count). The molecule has 1 aromatic rings. The Morgan fingerprint density at radius 3 is 2.80 bits per heavy atom. The van der Waals surface area contributed by atoms with Crippen LogP contribution in [0.1, 0.15) is 6.42 Å². The Bertz CT molecular complexity index is 501. The van der Waals surface area contributed by atoms with E-state index in [0.29, 0.717) is 5.92 Å². The Balaban J connectivity index is 1.68. The summed E-state index contributed by atoms with van der Waals surface area (Å²) >= 11 is 0. The van der Waals surface area contributed by atoms with E-state index in [0.717, 1.165) is 57.9 Å². The molecular formula is C14H23N5O. The van der Waals surface area contributed by atoms with E-state index in [1.807, 2.05) is 6.20 Å². The lowest BCUT2D eigenvalue weighted by Gasteiger charge is -2.33. The molecule has 2 aliphatic rings. The van der Waals surface area contributed by atoms with Gasteiger partial charge in [-0.15, -0.1) is 0 Å². The van der Waals surface area contributed by atoms with Crippen molar-refractivity contribution in [1.82, 2.24) is 20.0 Å². The molecule has 0 amide bonds. The van der Waals surface area contributed by atoms with Gasteiger partial charge >= 0.3 is 0 Å². The number of nitrogens with zero attached hydrogens (tertiary/aromatic N) is 4. The van der Waals surface area contributed by atoms with Crippen LogP contribution in [-0.4, -0.2) is 61.0 Å². The first-order valence-electron chi connectivity index (χ1n) is 7.44. The van der Waals surface area contributed by atoms with Crippen molar-refractivity contribution in [3.63, 3.8) is 0 Å². The average Bonchev–Trinajstić information content (AvgIpc) is 2.95. The standard InChI is InChI=1S/C14H23N5O/c1-17-4-6-18(7-5-17)13-8-14(20)19(16-10-13)11-12-2-3-15-9-12/h8,10,12,15H,2-7,9,11H2,1H3. The van der Waals surface area contributed by atoms with Crippen LogP contribution in [0.15, 0.2) is 17.1 Å². The second kappa shape index (κ2) is 5.93. The van der Waals surface area contributed by atoms with Crippen molar-refractivity contribution in [2.24, 2.45) is 5.92 Å². The predicted molar refractivity (Wildman–Crippen MR) is 79.2 cm³/mol. The summed E-state index contributed by atoms with van der Waals surface area (Å²) in [4.78, 5) is 16.7. The third kappa shape index (κ3) is 3.02. The fraction of sp³-hybridized carbons (Fsp3) is 0.714. The zero-order valence-corrected chi connectivity index (χ0v) is 12.1. The van der Waals surface area contributed by atoms with E-state index in [-0.39, 0.29) is 5.56 Å². The van der Waals surface area contributed by atoms with Gasteiger partial charge in [-0.3, -0.25) is 4.79 Å². The minimum Gasteiger partial charge on any atom is -0.368 e. The van der Waals surface area contributed by atoms with Crippen molar-refractivity contribution in [3.05, 3.63) is 22.6 Å². The van der Waals surface area contributed by atoms with Crippen LogP contribution in [-0.2, 0) is 6.54 Å². The number of likely N-dealkylation sites (N-methyl/N-ethyl adjacent to an activating group) is 1. The lowest BCUT2D eigenvalue weighted by atomic mass is 10.1. The molecule has 2 aliphatic heterocycles. The van der Waals surface area contributed by atoms with Crippen LogP contribution in [0.5, 0.6) is 0 Å². The van der Waals surface area contributed by atoms with Gasteiger partial charge in [-0.25, -0.2) is 4.68 Å². The quantitative estimate of drug-likeness (QED) is 0.815. The summed E-state index contributed by atoms with van der Waals surface area (Å²) in [6.07, 6.45) is 2.98. The fourth-order valence-corrected chi connectivity index (χ4v) is 2.91. The summed E-state index contributed by atoms with van der Waals surface area (Å²) in [6.45, 7) is 6.79. The first kappa shape index (κ1) is 13.6. The minimum absolute atomic E-state index is 0.0216. The van der Waals surface area contributed by atoms with Gasteiger partial charge in [0.05, 0.1) is 11.9 Å². The van der Waals surface area contributed by atoms with Gasteiger partial charge in [0.1, 0.15) is 0 Å². The van der Waals surface area contributed by atoms with Gasteiger partial charge in [0.15, 0.2) is 0 Å². The van der Waals surface area contributed by atoms with Gasteiger partial charge in [-0.2, -0.15) is 5.10 Å². The van der Waals surface area contributed by atoms with Crippen molar-refractivity contribution in [1.29, 1.82) is 0 Å². The SMILES string of the molecule is CN1CCN(c2cnn(CC3CCNC3)c(=O)c2)CC1. The van der Waals surface area contributed by atoms with Crippen LogP contribution < -0.4 is 15.8 Å². The molecule has 0 radical (unpaired) electrons. The highest BCUT2D eigenvalue weighted by atomic mass is 16.1. The number of piperazine rings is 1. The molecule has 0 bridgehead atoms. The largest absolute Gasteiger partial charge is 0.368 e. The molecule has 110 valence electrons. The summed E-state index contributed by atoms with van der Waals surface area (Å²) in [5.74, 6) is 0.537. The van der Waals surface area contributed by atoms with Gasteiger partial charge in [0, 0.05) is 38.8 Å². The minimum atomic E-state index is 0.0216. The maximum absolute atomic E-state index is 12.2. The fourth-order valence-electron chi connectivity index (χ4n) is 2.91. The molecule has 6 heteroatoms. The molecule has 1 atom stereocenters. The molecule has 3 heterocycles. The molecular weight excluding hydrogens is 254 g/mol. The number of nitrogens with one attached hydrogen (secondary N) is 1. The van der Waals surface area contributed by atoms with Crippen LogP contribution in [0, 0.1) is 5.92 Å². The van der Waals surface area contributed by atoms with Crippen LogP contribution in [0.2, 0.25) is 0 Å².